The number of rotatable bonds is 1. The van der Waals surface area contributed by atoms with Crippen LogP contribution in [0, 0.1) is 5.41 Å². The van der Waals surface area contributed by atoms with E-state index in [1.165, 1.54) is 12.8 Å². The summed E-state index contributed by atoms with van der Waals surface area (Å²) in [5.74, 6) is -0.296. The van der Waals surface area contributed by atoms with Gasteiger partial charge < -0.3 is 14.6 Å². The highest BCUT2D eigenvalue weighted by atomic mass is 35.5. The van der Waals surface area contributed by atoms with Gasteiger partial charge in [0.1, 0.15) is 0 Å². The van der Waals surface area contributed by atoms with Crippen molar-refractivity contribution >= 4 is 29.2 Å². The Labute approximate surface area is 129 Å². The first-order valence-electron chi connectivity index (χ1n) is 7.22. The second-order valence-electron chi connectivity index (χ2n) is 6.19. The SMILES string of the molecule is Cl.Cn1c(=O)oc2cc(N3CC4(CCNCC4)C3)ccc21. The number of nitrogens with one attached hydrogen (secondary N) is 1. The molecule has 0 atom stereocenters. The second kappa shape index (κ2) is 5.07. The minimum atomic E-state index is -0.296. The van der Waals surface area contributed by atoms with Gasteiger partial charge >= 0.3 is 5.76 Å². The van der Waals surface area contributed by atoms with Crippen molar-refractivity contribution in [2.24, 2.45) is 12.5 Å². The summed E-state index contributed by atoms with van der Waals surface area (Å²) in [5, 5.41) is 3.42. The van der Waals surface area contributed by atoms with Gasteiger partial charge in [-0.15, -0.1) is 12.4 Å². The molecule has 2 saturated heterocycles. The van der Waals surface area contributed by atoms with Crippen LogP contribution in [0.2, 0.25) is 0 Å². The monoisotopic (exact) mass is 309 g/mol. The van der Waals surface area contributed by atoms with E-state index in [0.717, 1.165) is 37.4 Å². The van der Waals surface area contributed by atoms with Crippen LogP contribution < -0.4 is 16.0 Å². The standard InChI is InChI=1S/C15H19N3O2.ClH/c1-17-12-3-2-11(8-13(12)20-14(17)19)18-9-15(10-18)4-6-16-7-5-15;/h2-3,8,16H,4-7,9-10H2,1H3;1H. The van der Waals surface area contributed by atoms with E-state index in [9.17, 15) is 4.79 Å². The Bertz CT molecular complexity index is 707. The van der Waals surface area contributed by atoms with Gasteiger partial charge in [0.2, 0.25) is 0 Å². The number of aromatic nitrogens is 1. The number of oxazole rings is 1. The summed E-state index contributed by atoms with van der Waals surface area (Å²) >= 11 is 0. The lowest BCUT2D eigenvalue weighted by Gasteiger charge is -2.53. The predicted octanol–water partition coefficient (Wildman–Crippen LogP) is 1.74. The van der Waals surface area contributed by atoms with Crippen LogP contribution in [-0.4, -0.2) is 30.7 Å². The summed E-state index contributed by atoms with van der Waals surface area (Å²) in [5.41, 5.74) is 3.21. The van der Waals surface area contributed by atoms with Crippen molar-refractivity contribution in [3.8, 4) is 0 Å². The molecule has 2 aliphatic rings. The Morgan fingerprint density at radius 1 is 1.24 bits per heavy atom. The molecular formula is C15H20ClN3O2. The van der Waals surface area contributed by atoms with E-state index in [4.69, 9.17) is 4.42 Å². The molecule has 0 saturated carbocycles. The van der Waals surface area contributed by atoms with Crippen LogP contribution >= 0.6 is 12.4 Å². The Morgan fingerprint density at radius 3 is 2.67 bits per heavy atom. The first-order valence-corrected chi connectivity index (χ1v) is 7.22. The Balaban J connectivity index is 0.00000132. The molecule has 4 rings (SSSR count). The minimum absolute atomic E-state index is 0. The van der Waals surface area contributed by atoms with E-state index in [1.807, 2.05) is 12.1 Å². The predicted molar refractivity (Wildman–Crippen MR) is 85.5 cm³/mol. The minimum Gasteiger partial charge on any atom is -0.408 e. The lowest BCUT2D eigenvalue weighted by molar-refractivity contribution is 0.150. The highest BCUT2D eigenvalue weighted by molar-refractivity contribution is 5.85. The Kier molecular flexibility index (Phi) is 3.50. The number of hydrogen-bond acceptors (Lipinski definition) is 4. The van der Waals surface area contributed by atoms with Crippen molar-refractivity contribution in [2.45, 2.75) is 12.8 Å². The van der Waals surface area contributed by atoms with Crippen molar-refractivity contribution in [1.82, 2.24) is 9.88 Å². The summed E-state index contributed by atoms with van der Waals surface area (Å²) in [7, 11) is 1.74. The molecule has 2 aliphatic heterocycles. The van der Waals surface area contributed by atoms with Crippen LogP contribution in [-0.2, 0) is 7.05 Å². The van der Waals surface area contributed by atoms with E-state index in [0.29, 0.717) is 11.0 Å². The third-order valence-electron chi connectivity index (χ3n) is 4.86. The molecule has 0 aliphatic carbocycles. The molecule has 5 nitrogen and oxygen atoms in total. The molecule has 0 bridgehead atoms. The van der Waals surface area contributed by atoms with E-state index in [1.54, 1.807) is 11.6 Å². The maximum Gasteiger partial charge on any atom is 0.419 e. The average Bonchev–Trinajstić information content (AvgIpc) is 2.72. The van der Waals surface area contributed by atoms with Crippen molar-refractivity contribution in [1.29, 1.82) is 0 Å². The molecule has 6 heteroatoms. The number of nitrogens with zero attached hydrogens (tertiary/aromatic N) is 2. The molecule has 0 unspecified atom stereocenters. The zero-order chi connectivity index (χ0) is 13.7. The Morgan fingerprint density at radius 2 is 1.95 bits per heavy atom. The van der Waals surface area contributed by atoms with Crippen molar-refractivity contribution < 1.29 is 4.42 Å². The lowest BCUT2D eigenvalue weighted by atomic mass is 9.72. The van der Waals surface area contributed by atoms with Gasteiger partial charge in [-0.3, -0.25) is 4.57 Å². The topological polar surface area (TPSA) is 50.4 Å². The molecule has 1 spiro atoms. The van der Waals surface area contributed by atoms with Crippen LogP contribution in [0.4, 0.5) is 5.69 Å². The Hall–Kier alpha value is -1.46. The molecule has 0 amide bonds. The van der Waals surface area contributed by atoms with Gasteiger partial charge in [0, 0.05) is 37.3 Å². The van der Waals surface area contributed by atoms with Crippen molar-refractivity contribution in [3.63, 3.8) is 0 Å². The smallest absolute Gasteiger partial charge is 0.408 e. The highest BCUT2D eigenvalue weighted by Gasteiger charge is 2.43. The van der Waals surface area contributed by atoms with Crippen LogP contribution in [0.5, 0.6) is 0 Å². The van der Waals surface area contributed by atoms with Crippen molar-refractivity contribution in [2.75, 3.05) is 31.1 Å². The fraction of sp³-hybridized carbons (Fsp3) is 0.533. The van der Waals surface area contributed by atoms with E-state index >= 15 is 0 Å². The number of hydrogen-bond donors (Lipinski definition) is 1. The summed E-state index contributed by atoms with van der Waals surface area (Å²) in [6.07, 6.45) is 2.54. The quantitative estimate of drug-likeness (QED) is 0.872. The molecule has 0 radical (unpaired) electrons. The van der Waals surface area contributed by atoms with Gasteiger partial charge in [-0.05, 0) is 38.1 Å². The largest absolute Gasteiger partial charge is 0.419 e. The molecule has 21 heavy (non-hydrogen) atoms. The number of piperidine rings is 1. The van der Waals surface area contributed by atoms with Gasteiger partial charge in [0.25, 0.3) is 0 Å². The molecule has 2 aromatic rings. The van der Waals surface area contributed by atoms with E-state index < -0.39 is 0 Å². The summed E-state index contributed by atoms with van der Waals surface area (Å²) in [4.78, 5) is 13.9. The number of aryl methyl sites for hydroxylation is 1. The van der Waals surface area contributed by atoms with Gasteiger partial charge in [0.15, 0.2) is 5.58 Å². The van der Waals surface area contributed by atoms with Crippen LogP contribution in [0.15, 0.2) is 27.4 Å². The first-order chi connectivity index (χ1) is 9.67. The van der Waals surface area contributed by atoms with Crippen LogP contribution in [0.25, 0.3) is 11.1 Å². The fourth-order valence-electron chi connectivity index (χ4n) is 3.54. The maximum absolute atomic E-state index is 11.5. The van der Waals surface area contributed by atoms with Gasteiger partial charge in [-0.25, -0.2) is 4.79 Å². The summed E-state index contributed by atoms with van der Waals surface area (Å²) in [6, 6.07) is 6.05. The molecule has 114 valence electrons. The van der Waals surface area contributed by atoms with Gasteiger partial charge in [0.05, 0.1) is 5.52 Å². The average molecular weight is 310 g/mol. The highest BCUT2D eigenvalue weighted by Crippen LogP contribution is 2.41. The zero-order valence-electron chi connectivity index (χ0n) is 12.1. The van der Waals surface area contributed by atoms with E-state index in [-0.39, 0.29) is 18.2 Å². The molecular weight excluding hydrogens is 290 g/mol. The first kappa shape index (κ1) is 14.5. The third-order valence-corrected chi connectivity index (χ3v) is 4.86. The fourth-order valence-corrected chi connectivity index (χ4v) is 3.54. The molecule has 1 N–H and O–H groups in total. The van der Waals surface area contributed by atoms with Crippen LogP contribution in [0.1, 0.15) is 12.8 Å². The van der Waals surface area contributed by atoms with Crippen molar-refractivity contribution in [3.05, 3.63) is 28.7 Å². The third kappa shape index (κ3) is 2.24. The molecule has 1 aromatic heterocycles. The normalized spacial score (nSPS) is 20.3. The molecule has 2 fully saturated rings. The number of halogens is 1. The van der Waals surface area contributed by atoms with Crippen LogP contribution in [0.3, 0.4) is 0 Å². The lowest BCUT2D eigenvalue weighted by Crippen LogP contribution is -2.60. The zero-order valence-corrected chi connectivity index (χ0v) is 12.9. The van der Waals surface area contributed by atoms with Gasteiger partial charge in [-0.2, -0.15) is 0 Å². The summed E-state index contributed by atoms with van der Waals surface area (Å²) < 4.78 is 6.81. The number of benzene rings is 1. The maximum atomic E-state index is 11.5. The van der Waals surface area contributed by atoms with Gasteiger partial charge in [-0.1, -0.05) is 0 Å². The molecule has 1 aromatic carbocycles. The second-order valence-corrected chi connectivity index (χ2v) is 6.19. The van der Waals surface area contributed by atoms with E-state index in [2.05, 4.69) is 16.3 Å². The molecule has 3 heterocycles. The number of fused-ring (bicyclic) bond motifs is 1. The summed E-state index contributed by atoms with van der Waals surface area (Å²) in [6.45, 7) is 4.52. The number of anilines is 1.